The Morgan fingerprint density at radius 1 is 1.03 bits per heavy atom. The van der Waals surface area contributed by atoms with E-state index in [-0.39, 0.29) is 0 Å². The van der Waals surface area contributed by atoms with Gasteiger partial charge in [0.25, 0.3) is 0 Å². The SMILES string of the molecule is COc1cc(C)c(CN2CCC[C@@H](c3ccc(Cc4ccc(Cl)cc4)cn3)C2)c(C)c1C. The molecular formula is C28H33ClN2O. The Kier molecular flexibility index (Phi) is 7.17. The summed E-state index contributed by atoms with van der Waals surface area (Å²) in [5.41, 5.74) is 9.08. The smallest absolute Gasteiger partial charge is 0.122 e. The van der Waals surface area contributed by atoms with Crippen molar-refractivity contribution in [3.63, 3.8) is 0 Å². The number of rotatable bonds is 6. The number of methoxy groups -OCH3 is 1. The fourth-order valence-electron chi connectivity index (χ4n) is 4.84. The van der Waals surface area contributed by atoms with Crippen molar-refractivity contribution in [2.75, 3.05) is 20.2 Å². The lowest BCUT2D eigenvalue weighted by atomic mass is 9.92. The molecule has 1 aliphatic heterocycles. The van der Waals surface area contributed by atoms with Crippen LogP contribution in [0.25, 0.3) is 0 Å². The number of likely N-dealkylation sites (tertiary alicyclic amines) is 1. The number of aryl methyl sites for hydroxylation is 1. The van der Waals surface area contributed by atoms with Gasteiger partial charge in [0.15, 0.2) is 0 Å². The van der Waals surface area contributed by atoms with Crippen LogP contribution in [-0.2, 0) is 13.0 Å². The fraction of sp³-hybridized carbons (Fsp3) is 0.393. The van der Waals surface area contributed by atoms with E-state index >= 15 is 0 Å². The van der Waals surface area contributed by atoms with E-state index in [4.69, 9.17) is 21.3 Å². The summed E-state index contributed by atoms with van der Waals surface area (Å²) in [5.74, 6) is 1.48. The fourth-order valence-corrected chi connectivity index (χ4v) is 4.96. The summed E-state index contributed by atoms with van der Waals surface area (Å²) in [4.78, 5) is 7.46. The van der Waals surface area contributed by atoms with E-state index in [1.54, 1.807) is 7.11 Å². The normalized spacial score (nSPS) is 16.8. The Balaban J connectivity index is 1.43. The lowest BCUT2D eigenvalue weighted by molar-refractivity contribution is 0.197. The van der Waals surface area contributed by atoms with Crippen LogP contribution in [0.15, 0.2) is 48.7 Å². The number of nitrogens with zero attached hydrogens (tertiary/aromatic N) is 2. The number of hydrogen-bond donors (Lipinski definition) is 0. The molecule has 168 valence electrons. The van der Waals surface area contributed by atoms with Crippen molar-refractivity contribution in [2.45, 2.75) is 52.5 Å². The summed E-state index contributed by atoms with van der Waals surface area (Å²) >= 11 is 6.00. The van der Waals surface area contributed by atoms with E-state index in [2.05, 4.69) is 56.0 Å². The molecule has 1 aromatic heterocycles. The first-order valence-electron chi connectivity index (χ1n) is 11.5. The molecule has 1 aliphatic rings. The van der Waals surface area contributed by atoms with E-state index in [1.807, 2.05) is 18.3 Å². The number of piperidine rings is 1. The minimum atomic E-state index is 0.494. The van der Waals surface area contributed by atoms with E-state index < -0.39 is 0 Å². The van der Waals surface area contributed by atoms with Crippen molar-refractivity contribution < 1.29 is 4.74 Å². The van der Waals surface area contributed by atoms with Gasteiger partial charge in [0.2, 0.25) is 0 Å². The summed E-state index contributed by atoms with van der Waals surface area (Å²) in [7, 11) is 1.75. The molecule has 2 aromatic carbocycles. The molecule has 0 spiro atoms. The van der Waals surface area contributed by atoms with E-state index in [1.165, 1.54) is 51.9 Å². The molecular weight excluding hydrogens is 416 g/mol. The molecule has 0 unspecified atom stereocenters. The second kappa shape index (κ2) is 10.1. The van der Waals surface area contributed by atoms with Crippen molar-refractivity contribution in [1.29, 1.82) is 0 Å². The van der Waals surface area contributed by atoms with Crippen LogP contribution in [0.5, 0.6) is 5.75 Å². The molecule has 0 radical (unpaired) electrons. The molecule has 32 heavy (non-hydrogen) atoms. The number of ether oxygens (including phenoxy) is 1. The van der Waals surface area contributed by atoms with Crippen LogP contribution in [0.3, 0.4) is 0 Å². The topological polar surface area (TPSA) is 25.4 Å². The Labute approximate surface area is 197 Å². The number of benzene rings is 2. The maximum absolute atomic E-state index is 6.00. The van der Waals surface area contributed by atoms with Gasteiger partial charge in [-0.3, -0.25) is 9.88 Å². The van der Waals surface area contributed by atoms with E-state index in [0.29, 0.717) is 5.92 Å². The van der Waals surface area contributed by atoms with Crippen LogP contribution in [0.2, 0.25) is 5.02 Å². The average Bonchev–Trinajstić information content (AvgIpc) is 2.81. The summed E-state index contributed by atoms with van der Waals surface area (Å²) in [6.07, 6.45) is 5.35. The first-order valence-corrected chi connectivity index (χ1v) is 11.9. The second-order valence-corrected chi connectivity index (χ2v) is 9.53. The summed E-state index contributed by atoms with van der Waals surface area (Å²) in [6, 6.07) is 14.7. The Bertz CT molecular complexity index is 1060. The molecule has 3 aromatic rings. The first-order chi connectivity index (χ1) is 15.4. The van der Waals surface area contributed by atoms with Gasteiger partial charge in [-0.2, -0.15) is 0 Å². The van der Waals surface area contributed by atoms with Gasteiger partial charge in [0.1, 0.15) is 5.75 Å². The average molecular weight is 449 g/mol. The number of aromatic nitrogens is 1. The molecule has 0 saturated carbocycles. The first kappa shape index (κ1) is 22.8. The van der Waals surface area contributed by atoms with Gasteiger partial charge >= 0.3 is 0 Å². The minimum Gasteiger partial charge on any atom is -0.496 e. The number of hydrogen-bond acceptors (Lipinski definition) is 3. The van der Waals surface area contributed by atoms with Crippen LogP contribution in [-0.4, -0.2) is 30.1 Å². The van der Waals surface area contributed by atoms with Crippen LogP contribution in [0.4, 0.5) is 0 Å². The largest absolute Gasteiger partial charge is 0.496 e. The highest BCUT2D eigenvalue weighted by atomic mass is 35.5. The van der Waals surface area contributed by atoms with Crippen molar-refractivity contribution in [2.24, 2.45) is 0 Å². The lowest BCUT2D eigenvalue weighted by Gasteiger charge is -2.33. The van der Waals surface area contributed by atoms with Crippen molar-refractivity contribution in [3.05, 3.63) is 92.8 Å². The molecule has 1 atom stereocenters. The second-order valence-electron chi connectivity index (χ2n) is 9.09. The van der Waals surface area contributed by atoms with Gasteiger partial charge in [0, 0.05) is 35.9 Å². The zero-order valence-electron chi connectivity index (χ0n) is 19.6. The standard InChI is InChI=1S/C28H33ClN2O/c1-19-14-28(32-4)21(3)20(2)26(19)18-31-13-5-6-24(17-31)27-12-9-23(16-30-27)15-22-7-10-25(29)11-8-22/h7-12,14,16,24H,5-6,13,15,17-18H2,1-4H3/t24-/m1/s1. The van der Waals surface area contributed by atoms with Gasteiger partial charge in [-0.05, 0) is 104 Å². The minimum absolute atomic E-state index is 0.494. The summed E-state index contributed by atoms with van der Waals surface area (Å²) < 4.78 is 5.55. The third-order valence-corrected chi connectivity index (χ3v) is 7.15. The van der Waals surface area contributed by atoms with Crippen LogP contribution < -0.4 is 4.74 Å². The van der Waals surface area contributed by atoms with Crippen molar-refractivity contribution in [1.82, 2.24) is 9.88 Å². The Hall–Kier alpha value is -2.36. The highest BCUT2D eigenvalue weighted by Gasteiger charge is 2.24. The molecule has 3 nitrogen and oxygen atoms in total. The number of pyridine rings is 1. The molecule has 4 rings (SSSR count). The monoisotopic (exact) mass is 448 g/mol. The van der Waals surface area contributed by atoms with Crippen LogP contribution in [0, 0.1) is 20.8 Å². The molecule has 0 amide bonds. The Morgan fingerprint density at radius 3 is 2.47 bits per heavy atom. The zero-order chi connectivity index (χ0) is 22.7. The van der Waals surface area contributed by atoms with Gasteiger partial charge in [-0.15, -0.1) is 0 Å². The van der Waals surface area contributed by atoms with Crippen LogP contribution >= 0.6 is 11.6 Å². The van der Waals surface area contributed by atoms with Gasteiger partial charge in [-0.25, -0.2) is 0 Å². The molecule has 0 aliphatic carbocycles. The Morgan fingerprint density at radius 2 is 1.78 bits per heavy atom. The molecule has 0 N–H and O–H groups in total. The van der Waals surface area contributed by atoms with Gasteiger partial charge < -0.3 is 4.74 Å². The lowest BCUT2D eigenvalue weighted by Crippen LogP contribution is -2.34. The van der Waals surface area contributed by atoms with Gasteiger partial charge in [0.05, 0.1) is 7.11 Å². The maximum atomic E-state index is 6.00. The molecule has 2 heterocycles. The molecule has 0 bridgehead atoms. The van der Waals surface area contributed by atoms with Crippen LogP contribution in [0.1, 0.15) is 57.8 Å². The van der Waals surface area contributed by atoms with E-state index in [9.17, 15) is 0 Å². The quantitative estimate of drug-likeness (QED) is 0.422. The maximum Gasteiger partial charge on any atom is 0.122 e. The molecule has 1 fully saturated rings. The zero-order valence-corrected chi connectivity index (χ0v) is 20.4. The molecule has 1 saturated heterocycles. The number of halogens is 1. The van der Waals surface area contributed by atoms with Gasteiger partial charge in [-0.1, -0.05) is 29.8 Å². The molecule has 4 heteroatoms. The summed E-state index contributed by atoms with van der Waals surface area (Å²) in [5, 5.41) is 0.777. The highest BCUT2D eigenvalue weighted by Crippen LogP contribution is 2.31. The van der Waals surface area contributed by atoms with Crippen molar-refractivity contribution >= 4 is 11.6 Å². The van der Waals surface area contributed by atoms with Crippen molar-refractivity contribution in [3.8, 4) is 5.75 Å². The third-order valence-electron chi connectivity index (χ3n) is 6.90. The predicted octanol–water partition coefficient (Wildman–Crippen LogP) is 6.64. The highest BCUT2D eigenvalue weighted by molar-refractivity contribution is 6.30. The summed E-state index contributed by atoms with van der Waals surface area (Å²) in [6.45, 7) is 9.79. The third kappa shape index (κ3) is 5.16. The van der Waals surface area contributed by atoms with E-state index in [0.717, 1.165) is 36.8 Å². The predicted molar refractivity (Wildman–Crippen MR) is 133 cm³/mol.